The van der Waals surface area contributed by atoms with Gasteiger partial charge in [-0.05, 0) is 51.5 Å². The fourth-order valence-electron chi connectivity index (χ4n) is 4.24. The normalized spacial score (nSPS) is 25.8. The van der Waals surface area contributed by atoms with E-state index in [-0.39, 0.29) is 24.6 Å². The highest BCUT2D eigenvalue weighted by atomic mass is 16.7. The fraction of sp³-hybridized carbons (Fsp3) is 0.818. The maximum Gasteiger partial charge on any atom is 0.171 e. The predicted molar refractivity (Wildman–Crippen MR) is 102 cm³/mol. The molecule has 0 N–H and O–H groups in total. The average molecular weight is 379 g/mol. The lowest BCUT2D eigenvalue weighted by Crippen LogP contribution is -2.27. The zero-order valence-corrected chi connectivity index (χ0v) is 16.9. The Kier molecular flexibility index (Phi) is 7.68. The van der Waals surface area contributed by atoms with Gasteiger partial charge in [0, 0.05) is 18.9 Å². The van der Waals surface area contributed by atoms with Crippen LogP contribution < -0.4 is 0 Å². The van der Waals surface area contributed by atoms with Crippen LogP contribution in [0, 0.1) is 5.92 Å². The summed E-state index contributed by atoms with van der Waals surface area (Å²) in [7, 11) is 0. The van der Waals surface area contributed by atoms with Crippen LogP contribution >= 0.6 is 0 Å². The van der Waals surface area contributed by atoms with Crippen LogP contribution in [0.3, 0.4) is 0 Å². The molecule has 3 rings (SSSR count). The summed E-state index contributed by atoms with van der Waals surface area (Å²) in [6, 6.07) is 0. The Morgan fingerprint density at radius 3 is 2.41 bits per heavy atom. The summed E-state index contributed by atoms with van der Waals surface area (Å²) in [4.78, 5) is 13.1. The first-order valence-electron chi connectivity index (χ1n) is 10.6. The maximum absolute atomic E-state index is 13.1. The van der Waals surface area contributed by atoms with Crippen molar-refractivity contribution in [3.05, 3.63) is 16.9 Å². The van der Waals surface area contributed by atoms with E-state index < -0.39 is 5.79 Å². The lowest BCUT2D eigenvalue weighted by Gasteiger charge is -2.25. The Morgan fingerprint density at radius 2 is 1.74 bits per heavy atom. The molecule has 0 spiro atoms. The van der Waals surface area contributed by atoms with Crippen molar-refractivity contribution in [2.45, 2.75) is 83.7 Å². The van der Waals surface area contributed by atoms with Crippen LogP contribution in [-0.4, -0.2) is 44.3 Å². The largest absolute Gasteiger partial charge is 0.353 e. The maximum atomic E-state index is 13.1. The Labute approximate surface area is 163 Å². The highest BCUT2D eigenvalue weighted by molar-refractivity contribution is 5.97. The number of rotatable bonds is 7. The third-order valence-electron chi connectivity index (χ3n) is 5.67. The van der Waals surface area contributed by atoms with Crippen molar-refractivity contribution >= 4 is 5.78 Å². The molecule has 0 bridgehead atoms. The van der Waals surface area contributed by atoms with Crippen molar-refractivity contribution < 1.29 is 23.7 Å². The van der Waals surface area contributed by atoms with Gasteiger partial charge in [-0.3, -0.25) is 4.79 Å². The SMILES string of the molecule is CC(=C=C(COC1CCCCO1)C(=O)C1CCCCC1)CC1(C)OCCO1. The monoisotopic (exact) mass is 378 g/mol. The summed E-state index contributed by atoms with van der Waals surface area (Å²) in [6.45, 7) is 6.17. The molecule has 152 valence electrons. The third-order valence-corrected chi connectivity index (χ3v) is 5.67. The molecule has 2 heterocycles. The second kappa shape index (κ2) is 9.99. The molecule has 1 aliphatic carbocycles. The summed E-state index contributed by atoms with van der Waals surface area (Å²) < 4.78 is 23.0. The molecular weight excluding hydrogens is 344 g/mol. The average Bonchev–Trinajstić information content (AvgIpc) is 3.12. The number of ether oxygens (including phenoxy) is 4. The molecule has 3 aliphatic rings. The van der Waals surface area contributed by atoms with Gasteiger partial charge in [0.1, 0.15) is 0 Å². The molecule has 1 unspecified atom stereocenters. The molecule has 0 aromatic carbocycles. The lowest BCUT2D eigenvalue weighted by molar-refractivity contribution is -0.158. The molecule has 0 aromatic heterocycles. The standard InChI is InChI=1S/C22H34O5/c1-17(15-22(2)26-12-13-27-22)14-19(16-25-20-10-6-7-11-24-20)21(23)18-8-4-3-5-9-18/h18,20H,3-13,15-16H2,1-2H3. The van der Waals surface area contributed by atoms with E-state index in [0.717, 1.165) is 57.1 Å². The summed E-state index contributed by atoms with van der Waals surface area (Å²) in [5, 5.41) is 0. The fourth-order valence-corrected chi connectivity index (χ4v) is 4.24. The topological polar surface area (TPSA) is 54.0 Å². The number of Topliss-reactive ketones (excluding diaryl/α,β-unsaturated/α-hetero) is 1. The van der Waals surface area contributed by atoms with E-state index in [9.17, 15) is 4.79 Å². The van der Waals surface area contributed by atoms with Gasteiger partial charge < -0.3 is 18.9 Å². The van der Waals surface area contributed by atoms with Gasteiger partial charge in [0.2, 0.25) is 0 Å². The van der Waals surface area contributed by atoms with Gasteiger partial charge in [0.25, 0.3) is 0 Å². The summed E-state index contributed by atoms with van der Waals surface area (Å²) >= 11 is 0. The molecular formula is C22H34O5. The van der Waals surface area contributed by atoms with Gasteiger partial charge in [0.15, 0.2) is 17.9 Å². The smallest absolute Gasteiger partial charge is 0.171 e. The molecule has 5 heteroatoms. The Morgan fingerprint density at radius 1 is 1.04 bits per heavy atom. The Bertz CT molecular complexity index is 557. The Balaban J connectivity index is 1.72. The van der Waals surface area contributed by atoms with Crippen LogP contribution in [0.25, 0.3) is 0 Å². The van der Waals surface area contributed by atoms with E-state index in [2.05, 4.69) is 5.73 Å². The van der Waals surface area contributed by atoms with Crippen LogP contribution in [0.2, 0.25) is 0 Å². The zero-order chi connectivity index (χ0) is 19.1. The zero-order valence-electron chi connectivity index (χ0n) is 16.9. The minimum Gasteiger partial charge on any atom is -0.353 e. The van der Waals surface area contributed by atoms with E-state index in [1.54, 1.807) is 0 Å². The molecule has 5 nitrogen and oxygen atoms in total. The minimum absolute atomic E-state index is 0.111. The molecule has 2 saturated heterocycles. The first kappa shape index (κ1) is 20.8. The van der Waals surface area contributed by atoms with Gasteiger partial charge in [-0.25, -0.2) is 0 Å². The van der Waals surface area contributed by atoms with Crippen molar-refractivity contribution in [1.82, 2.24) is 0 Å². The second-order valence-corrected chi connectivity index (χ2v) is 8.20. The molecule has 3 fully saturated rings. The van der Waals surface area contributed by atoms with Crippen molar-refractivity contribution in [3.63, 3.8) is 0 Å². The molecule has 0 aromatic rings. The number of hydrogen-bond acceptors (Lipinski definition) is 5. The summed E-state index contributed by atoms with van der Waals surface area (Å²) in [6.07, 6.45) is 8.97. The van der Waals surface area contributed by atoms with Crippen LogP contribution in [0.5, 0.6) is 0 Å². The number of hydrogen-bond donors (Lipinski definition) is 0. The van der Waals surface area contributed by atoms with Gasteiger partial charge in [0.05, 0.1) is 25.4 Å². The van der Waals surface area contributed by atoms with E-state index in [1.807, 2.05) is 13.8 Å². The van der Waals surface area contributed by atoms with Gasteiger partial charge in [-0.2, -0.15) is 0 Å². The first-order valence-corrected chi connectivity index (χ1v) is 10.6. The lowest BCUT2D eigenvalue weighted by atomic mass is 9.84. The molecule has 1 atom stereocenters. The first-order chi connectivity index (χ1) is 13.1. The Hall–Kier alpha value is -0.970. The second-order valence-electron chi connectivity index (χ2n) is 8.20. The number of carbonyl (C=O) groups excluding carboxylic acids is 1. The van der Waals surface area contributed by atoms with Crippen molar-refractivity contribution in [2.24, 2.45) is 5.92 Å². The van der Waals surface area contributed by atoms with Crippen LogP contribution in [0.15, 0.2) is 16.9 Å². The van der Waals surface area contributed by atoms with Crippen molar-refractivity contribution in [2.75, 3.05) is 26.4 Å². The molecule has 27 heavy (non-hydrogen) atoms. The number of carbonyl (C=O) groups is 1. The van der Waals surface area contributed by atoms with Crippen LogP contribution in [0.1, 0.15) is 71.6 Å². The van der Waals surface area contributed by atoms with Crippen molar-refractivity contribution in [1.29, 1.82) is 0 Å². The summed E-state index contributed by atoms with van der Waals surface area (Å²) in [5.74, 6) is -0.300. The predicted octanol–water partition coefficient (Wildman–Crippen LogP) is 4.30. The van der Waals surface area contributed by atoms with E-state index >= 15 is 0 Å². The van der Waals surface area contributed by atoms with E-state index in [4.69, 9.17) is 18.9 Å². The molecule has 1 saturated carbocycles. The van der Waals surface area contributed by atoms with Crippen LogP contribution in [0.4, 0.5) is 0 Å². The van der Waals surface area contributed by atoms with Crippen LogP contribution in [-0.2, 0) is 23.7 Å². The minimum atomic E-state index is -0.608. The van der Waals surface area contributed by atoms with Gasteiger partial charge in [-0.15, -0.1) is 5.73 Å². The molecule has 2 aliphatic heterocycles. The van der Waals surface area contributed by atoms with E-state index in [1.165, 1.54) is 6.42 Å². The quantitative estimate of drug-likeness (QED) is 0.488. The highest BCUT2D eigenvalue weighted by Crippen LogP contribution is 2.29. The van der Waals surface area contributed by atoms with E-state index in [0.29, 0.717) is 25.2 Å². The van der Waals surface area contributed by atoms with Crippen molar-refractivity contribution in [3.8, 4) is 0 Å². The van der Waals surface area contributed by atoms with Gasteiger partial charge >= 0.3 is 0 Å². The molecule has 0 radical (unpaired) electrons. The third kappa shape index (κ3) is 6.27. The number of ketones is 1. The van der Waals surface area contributed by atoms with Gasteiger partial charge in [-0.1, -0.05) is 19.3 Å². The molecule has 0 amide bonds. The highest BCUT2D eigenvalue weighted by Gasteiger charge is 2.31. The summed E-state index contributed by atoms with van der Waals surface area (Å²) in [5.41, 5.74) is 4.96.